The van der Waals surface area contributed by atoms with Gasteiger partial charge >= 0.3 is 0 Å². The zero-order valence-corrected chi connectivity index (χ0v) is 15.2. The molecular formula is C23H24. The SMILES string of the molecule is Cc1cc2c(C)c(C)c3ccc(C)c4c(C)c(C)c(c1C)c2c34. The van der Waals surface area contributed by atoms with Crippen LogP contribution in [-0.4, -0.2) is 0 Å². The highest BCUT2D eigenvalue weighted by molar-refractivity contribution is 6.27. The van der Waals surface area contributed by atoms with Crippen LogP contribution in [0.25, 0.3) is 32.3 Å². The average Bonchev–Trinajstić information content (AvgIpc) is 2.52. The molecule has 0 radical (unpaired) electrons. The van der Waals surface area contributed by atoms with Gasteiger partial charge in [-0.15, -0.1) is 0 Å². The predicted octanol–water partition coefficient (Wildman–Crippen LogP) is 6.74. The van der Waals surface area contributed by atoms with Gasteiger partial charge in [-0.1, -0.05) is 18.2 Å². The highest BCUT2D eigenvalue weighted by Crippen LogP contribution is 2.44. The van der Waals surface area contributed by atoms with Crippen LogP contribution in [0.5, 0.6) is 0 Å². The van der Waals surface area contributed by atoms with E-state index in [1.165, 1.54) is 71.3 Å². The second-order valence-corrected chi connectivity index (χ2v) is 7.30. The number of rotatable bonds is 0. The smallest absolute Gasteiger partial charge is 0.00181 e. The lowest BCUT2D eigenvalue weighted by atomic mass is 9.81. The van der Waals surface area contributed by atoms with Gasteiger partial charge in [-0.3, -0.25) is 0 Å². The maximum absolute atomic E-state index is 2.40. The molecule has 0 aliphatic rings. The van der Waals surface area contributed by atoms with Gasteiger partial charge in [0, 0.05) is 0 Å². The van der Waals surface area contributed by atoms with Crippen molar-refractivity contribution in [3.8, 4) is 0 Å². The maximum atomic E-state index is 2.40. The van der Waals surface area contributed by atoms with Crippen molar-refractivity contribution >= 4 is 32.3 Å². The largest absolute Gasteiger partial charge is 0.0581 e. The summed E-state index contributed by atoms with van der Waals surface area (Å²) in [5, 5.41) is 8.75. The molecule has 4 aromatic carbocycles. The van der Waals surface area contributed by atoms with E-state index in [1.807, 2.05) is 0 Å². The molecule has 0 fully saturated rings. The molecular weight excluding hydrogens is 276 g/mol. The third-order valence-electron chi connectivity index (χ3n) is 6.19. The molecule has 0 saturated carbocycles. The first-order valence-electron chi connectivity index (χ1n) is 8.49. The van der Waals surface area contributed by atoms with Crippen LogP contribution in [-0.2, 0) is 0 Å². The lowest BCUT2D eigenvalue weighted by Gasteiger charge is -2.23. The summed E-state index contributed by atoms with van der Waals surface area (Å²) in [7, 11) is 0. The Labute approximate surface area is 138 Å². The molecule has 0 aromatic heterocycles. The van der Waals surface area contributed by atoms with Crippen LogP contribution >= 0.6 is 0 Å². The van der Waals surface area contributed by atoms with Crippen LogP contribution in [0.15, 0.2) is 18.2 Å². The molecule has 0 heterocycles. The molecule has 0 spiro atoms. The zero-order chi connectivity index (χ0) is 16.6. The van der Waals surface area contributed by atoms with E-state index in [0.29, 0.717) is 0 Å². The van der Waals surface area contributed by atoms with Gasteiger partial charge in [0.05, 0.1) is 0 Å². The molecule has 0 atom stereocenters. The van der Waals surface area contributed by atoms with E-state index >= 15 is 0 Å². The van der Waals surface area contributed by atoms with Crippen LogP contribution in [0, 0.1) is 48.5 Å². The van der Waals surface area contributed by atoms with Crippen LogP contribution < -0.4 is 0 Å². The second-order valence-electron chi connectivity index (χ2n) is 7.30. The predicted molar refractivity (Wildman–Crippen MR) is 103 cm³/mol. The van der Waals surface area contributed by atoms with Crippen molar-refractivity contribution in [2.24, 2.45) is 0 Å². The molecule has 23 heavy (non-hydrogen) atoms. The number of hydrogen-bond donors (Lipinski definition) is 0. The van der Waals surface area contributed by atoms with Gasteiger partial charge in [0.1, 0.15) is 0 Å². The Morgan fingerprint density at radius 3 is 1.70 bits per heavy atom. The van der Waals surface area contributed by atoms with Crippen molar-refractivity contribution in [2.75, 3.05) is 0 Å². The Bertz CT molecular complexity index is 1110. The summed E-state index contributed by atoms with van der Waals surface area (Å²) in [6.45, 7) is 15.9. The summed E-state index contributed by atoms with van der Waals surface area (Å²) in [5.41, 5.74) is 9.97. The first-order chi connectivity index (χ1) is 10.8. The van der Waals surface area contributed by atoms with Crippen LogP contribution in [0.3, 0.4) is 0 Å². The highest BCUT2D eigenvalue weighted by atomic mass is 14.2. The Morgan fingerprint density at radius 2 is 1.00 bits per heavy atom. The first-order valence-corrected chi connectivity index (χ1v) is 8.49. The molecule has 0 aliphatic carbocycles. The van der Waals surface area contributed by atoms with Gasteiger partial charge in [0.2, 0.25) is 0 Å². The molecule has 116 valence electrons. The fourth-order valence-electron chi connectivity index (χ4n) is 4.48. The normalized spacial score (nSPS) is 12.1. The summed E-state index contributed by atoms with van der Waals surface area (Å²) in [6, 6.07) is 7.01. The Balaban J connectivity index is 2.56. The fraction of sp³-hybridized carbons (Fsp3) is 0.304. The van der Waals surface area contributed by atoms with E-state index in [1.54, 1.807) is 0 Å². The molecule has 0 N–H and O–H groups in total. The van der Waals surface area contributed by atoms with Crippen molar-refractivity contribution < 1.29 is 0 Å². The second kappa shape index (κ2) is 4.47. The Morgan fingerprint density at radius 1 is 0.435 bits per heavy atom. The topological polar surface area (TPSA) is 0 Å². The molecule has 4 aromatic rings. The minimum atomic E-state index is 1.39. The minimum Gasteiger partial charge on any atom is -0.0581 e. The monoisotopic (exact) mass is 300 g/mol. The molecule has 0 aliphatic heterocycles. The molecule has 0 nitrogen and oxygen atoms in total. The first kappa shape index (κ1) is 14.5. The van der Waals surface area contributed by atoms with Gasteiger partial charge < -0.3 is 0 Å². The molecule has 0 unspecified atom stereocenters. The van der Waals surface area contributed by atoms with E-state index in [2.05, 4.69) is 66.7 Å². The Kier molecular flexibility index (Phi) is 2.82. The lowest BCUT2D eigenvalue weighted by molar-refractivity contribution is 1.33. The van der Waals surface area contributed by atoms with E-state index < -0.39 is 0 Å². The Hall–Kier alpha value is -2.08. The van der Waals surface area contributed by atoms with Crippen molar-refractivity contribution in [3.63, 3.8) is 0 Å². The minimum absolute atomic E-state index is 1.39. The molecule has 0 bridgehead atoms. The molecule has 4 rings (SSSR count). The van der Waals surface area contributed by atoms with Crippen molar-refractivity contribution in [1.82, 2.24) is 0 Å². The van der Waals surface area contributed by atoms with Gasteiger partial charge in [-0.2, -0.15) is 0 Å². The summed E-state index contributed by atoms with van der Waals surface area (Å²) < 4.78 is 0. The van der Waals surface area contributed by atoms with Gasteiger partial charge in [-0.25, -0.2) is 0 Å². The average molecular weight is 300 g/mol. The van der Waals surface area contributed by atoms with Gasteiger partial charge in [0.25, 0.3) is 0 Å². The van der Waals surface area contributed by atoms with Crippen LogP contribution in [0.2, 0.25) is 0 Å². The van der Waals surface area contributed by atoms with E-state index in [4.69, 9.17) is 0 Å². The van der Waals surface area contributed by atoms with Crippen molar-refractivity contribution in [3.05, 3.63) is 57.1 Å². The zero-order valence-electron chi connectivity index (χ0n) is 15.2. The van der Waals surface area contributed by atoms with Crippen molar-refractivity contribution in [2.45, 2.75) is 48.5 Å². The maximum Gasteiger partial charge on any atom is -0.00181 e. The quantitative estimate of drug-likeness (QED) is 0.315. The summed E-state index contributed by atoms with van der Waals surface area (Å²) >= 11 is 0. The third kappa shape index (κ3) is 1.62. The number of aryl methyl sites for hydroxylation is 7. The fourth-order valence-corrected chi connectivity index (χ4v) is 4.48. The van der Waals surface area contributed by atoms with Gasteiger partial charge in [0.15, 0.2) is 0 Å². The molecule has 0 saturated heterocycles. The molecule has 0 heteroatoms. The van der Waals surface area contributed by atoms with Gasteiger partial charge in [-0.05, 0) is 120 Å². The highest BCUT2D eigenvalue weighted by Gasteiger charge is 2.20. The van der Waals surface area contributed by atoms with E-state index in [-0.39, 0.29) is 0 Å². The summed E-state index contributed by atoms with van der Waals surface area (Å²) in [5.74, 6) is 0. The van der Waals surface area contributed by atoms with Crippen molar-refractivity contribution in [1.29, 1.82) is 0 Å². The van der Waals surface area contributed by atoms with E-state index in [0.717, 1.165) is 0 Å². The number of hydrogen-bond acceptors (Lipinski definition) is 0. The molecule has 0 amide bonds. The summed E-state index contributed by atoms with van der Waals surface area (Å²) in [4.78, 5) is 0. The van der Waals surface area contributed by atoms with E-state index in [9.17, 15) is 0 Å². The number of benzene rings is 4. The lowest BCUT2D eigenvalue weighted by Crippen LogP contribution is -1.99. The van der Waals surface area contributed by atoms with Crippen LogP contribution in [0.4, 0.5) is 0 Å². The summed E-state index contributed by atoms with van der Waals surface area (Å²) in [6.07, 6.45) is 0. The standard InChI is InChI=1S/C23H24/c1-11-8-9-18-14(4)15(5)19-10-12(2)13(3)21-17(7)16(6)20(11)22(18)23(19)21/h8-10H,1-7H3. The van der Waals surface area contributed by atoms with Crippen LogP contribution in [0.1, 0.15) is 38.9 Å². The third-order valence-corrected chi connectivity index (χ3v) is 6.19.